The highest BCUT2D eigenvalue weighted by molar-refractivity contribution is 5.90. The summed E-state index contributed by atoms with van der Waals surface area (Å²) in [6, 6.07) is -1.25. The standard InChI is InChI=1S/C18H21NO4/c1-19-8-7-17-14-10-3-4-12(22-2)15(14)23-16(17)11(20)5-6-18(17,21)13(19)9-10/h3-4,13,16,21H,5-9H2,1-2H3/t13-,16?,17+,18-/m1/s1/i1D3,3D,4D,16D,21D. The first-order valence-corrected chi connectivity index (χ1v) is 7.84. The number of carbonyl (C=O) groups excluding carboxylic acids is 1. The van der Waals surface area contributed by atoms with Gasteiger partial charge in [-0.2, -0.15) is 0 Å². The second-order valence-electron chi connectivity index (χ2n) is 6.78. The van der Waals surface area contributed by atoms with Crippen molar-refractivity contribution in [2.45, 2.75) is 48.8 Å². The first-order valence-electron chi connectivity index (χ1n) is 11.2. The SMILES string of the molecule is [2H]O[C@@]12CCC(=O)C3([2H])Oc4c(OC)c([2H])c([2H])c5c4[C@@]31CCN(C([2H])([2H])[2H])[C@@H]2C5. The van der Waals surface area contributed by atoms with Gasteiger partial charge in [0.05, 0.1) is 22.2 Å². The summed E-state index contributed by atoms with van der Waals surface area (Å²) in [5.41, 5.74) is -2.17. The summed E-state index contributed by atoms with van der Waals surface area (Å²) in [4.78, 5) is 14.3. The van der Waals surface area contributed by atoms with Gasteiger partial charge < -0.3 is 19.5 Å². The highest BCUT2D eigenvalue weighted by Gasteiger charge is 2.72. The van der Waals surface area contributed by atoms with Gasteiger partial charge in [-0.3, -0.25) is 4.79 Å². The molecular weight excluding hydrogens is 294 g/mol. The van der Waals surface area contributed by atoms with Gasteiger partial charge in [-0.05, 0) is 44.4 Å². The summed E-state index contributed by atoms with van der Waals surface area (Å²) < 4.78 is 69.4. The molecule has 1 saturated carbocycles. The number of ketones is 1. The molecule has 1 aromatic rings. The smallest absolute Gasteiger partial charge is 0.211 e. The van der Waals surface area contributed by atoms with Gasteiger partial charge >= 0.3 is 0 Å². The van der Waals surface area contributed by atoms with Crippen LogP contribution in [0.3, 0.4) is 0 Å². The van der Waals surface area contributed by atoms with Crippen LogP contribution in [-0.4, -0.2) is 55.6 Å². The number of aliphatic hydroxyl groups is 1. The first kappa shape index (κ1) is 8.49. The zero-order valence-corrected chi connectivity index (χ0v) is 12.7. The molecule has 5 rings (SSSR count). The van der Waals surface area contributed by atoms with Gasteiger partial charge in [-0.15, -0.1) is 0 Å². The fourth-order valence-corrected chi connectivity index (χ4v) is 5.04. The van der Waals surface area contributed by atoms with Gasteiger partial charge in [-0.25, -0.2) is 0 Å². The molecule has 1 aromatic carbocycles. The lowest BCUT2D eigenvalue weighted by Crippen LogP contribution is -2.76. The highest BCUT2D eigenvalue weighted by Crippen LogP contribution is 2.64. The summed E-state index contributed by atoms with van der Waals surface area (Å²) >= 11 is 0. The Labute approximate surface area is 145 Å². The average Bonchev–Trinajstić information content (AvgIpc) is 2.94. The predicted molar refractivity (Wildman–Crippen MR) is 83.0 cm³/mol. The largest absolute Gasteiger partial charge is 0.493 e. The third-order valence-corrected chi connectivity index (χ3v) is 6.02. The van der Waals surface area contributed by atoms with Crippen molar-refractivity contribution >= 4 is 5.78 Å². The van der Waals surface area contributed by atoms with Crippen LogP contribution in [0.5, 0.6) is 11.5 Å². The van der Waals surface area contributed by atoms with Crippen LogP contribution in [0.1, 0.15) is 38.6 Å². The minimum Gasteiger partial charge on any atom is -0.493 e. The molecule has 1 saturated heterocycles. The molecule has 1 spiro atoms. The molecule has 5 nitrogen and oxygen atoms in total. The van der Waals surface area contributed by atoms with Crippen molar-refractivity contribution in [3.05, 3.63) is 23.2 Å². The molecule has 2 heterocycles. The fourth-order valence-electron chi connectivity index (χ4n) is 5.04. The normalized spacial score (nSPS) is 48.7. The maximum absolute atomic E-state index is 13.1. The Morgan fingerprint density at radius 1 is 1.61 bits per heavy atom. The van der Waals surface area contributed by atoms with Crippen LogP contribution in [0.4, 0.5) is 0 Å². The molecule has 23 heavy (non-hydrogen) atoms. The number of rotatable bonds is 2. The number of methoxy groups -OCH3 is 1. The van der Waals surface area contributed by atoms with Crippen molar-refractivity contribution in [1.82, 2.24) is 4.90 Å². The first-order chi connectivity index (χ1) is 14.0. The molecule has 1 unspecified atom stereocenters. The summed E-state index contributed by atoms with van der Waals surface area (Å²) in [5.74, 6) is -0.445. The van der Waals surface area contributed by atoms with Gasteiger partial charge in [-0.1, -0.05) is 6.04 Å². The quantitative estimate of drug-likeness (QED) is 0.882. The van der Waals surface area contributed by atoms with Crippen molar-refractivity contribution in [2.75, 3.05) is 20.6 Å². The van der Waals surface area contributed by atoms with E-state index in [1.165, 1.54) is 12.0 Å². The number of carbonyl (C=O) groups is 1. The van der Waals surface area contributed by atoms with E-state index < -0.39 is 35.9 Å². The Bertz CT molecular complexity index is 985. The average molecular weight is 322 g/mol. The molecule has 0 aromatic heterocycles. The number of piperidine rings is 1. The molecular formula is C18H21NO4. The maximum Gasteiger partial charge on any atom is 0.211 e. The van der Waals surface area contributed by atoms with Gasteiger partial charge in [0.1, 0.15) is 0 Å². The fraction of sp³-hybridized carbons (Fsp3) is 0.611. The Kier molecular flexibility index (Phi) is 1.51. The lowest BCUT2D eigenvalue weighted by molar-refractivity contribution is -0.185. The molecule has 1 N–H and O–H groups in total. The molecule has 4 aliphatic rings. The summed E-state index contributed by atoms with van der Waals surface area (Å²) in [6.45, 7) is -2.43. The third kappa shape index (κ3) is 1.32. The third-order valence-electron chi connectivity index (χ3n) is 6.02. The number of Topliss-reactive ketones (excluding diaryl/α,β-unsaturated/α-hetero) is 1. The van der Waals surface area contributed by atoms with Crippen LogP contribution in [0, 0.1) is 0 Å². The maximum atomic E-state index is 13.1. The molecule has 0 amide bonds. The number of ether oxygens (including phenoxy) is 2. The Morgan fingerprint density at radius 3 is 3.30 bits per heavy atom. The number of nitrogens with zero attached hydrogens (tertiary/aromatic N) is 1. The second kappa shape index (κ2) is 4.08. The van der Waals surface area contributed by atoms with Gasteiger partial charge in [0.25, 0.3) is 0 Å². The number of likely N-dealkylation sites (tertiary alicyclic amines) is 1. The van der Waals surface area contributed by atoms with E-state index in [4.69, 9.17) is 24.2 Å². The van der Waals surface area contributed by atoms with Crippen molar-refractivity contribution in [3.63, 3.8) is 0 Å². The topological polar surface area (TPSA) is 59.0 Å². The van der Waals surface area contributed by atoms with Gasteiger partial charge in [0.2, 0.25) is 1.43 Å². The van der Waals surface area contributed by atoms with Gasteiger partial charge in [0, 0.05) is 22.1 Å². The van der Waals surface area contributed by atoms with Gasteiger partial charge in [0.15, 0.2) is 23.4 Å². The van der Waals surface area contributed by atoms with Crippen molar-refractivity contribution in [2.24, 2.45) is 0 Å². The Balaban J connectivity index is 1.91. The van der Waals surface area contributed by atoms with Crippen LogP contribution in [0.25, 0.3) is 0 Å². The number of likely N-dealkylation sites (N-methyl/N-ethyl adjacent to an activating group) is 1. The summed E-state index contributed by atoms with van der Waals surface area (Å²) in [7, 11) is 1.33. The van der Waals surface area contributed by atoms with Crippen LogP contribution >= 0.6 is 0 Å². The molecule has 122 valence electrons. The molecule has 2 bridgehead atoms. The van der Waals surface area contributed by atoms with Crippen molar-refractivity contribution in [1.29, 1.82) is 1.43 Å². The zero-order chi connectivity index (χ0) is 21.9. The molecule has 5 heteroatoms. The molecule has 0 radical (unpaired) electrons. The van der Waals surface area contributed by atoms with E-state index in [2.05, 4.69) is 0 Å². The van der Waals surface area contributed by atoms with E-state index in [9.17, 15) is 4.79 Å². The van der Waals surface area contributed by atoms with E-state index in [0.29, 0.717) is 11.1 Å². The number of hydrogen-bond acceptors (Lipinski definition) is 5. The number of hydrogen-bond donors (Lipinski definition) is 1. The van der Waals surface area contributed by atoms with Crippen LogP contribution in [-0.2, 0) is 16.6 Å². The van der Waals surface area contributed by atoms with Crippen molar-refractivity contribution < 1.29 is 27.6 Å². The van der Waals surface area contributed by atoms with Crippen molar-refractivity contribution in [3.8, 4) is 11.5 Å². The van der Waals surface area contributed by atoms with E-state index in [-0.39, 0.29) is 55.8 Å². The highest BCUT2D eigenvalue weighted by atomic mass is 16.5. The predicted octanol–water partition coefficient (Wildman–Crippen LogP) is 1.05. The minimum atomic E-state index is -2.48. The molecule has 2 aliphatic carbocycles. The minimum absolute atomic E-state index is 0.0301. The summed E-state index contributed by atoms with van der Waals surface area (Å²) in [5, 5.41) is 5.34. The Hall–Kier alpha value is -1.59. The lowest BCUT2D eigenvalue weighted by atomic mass is 9.49. The lowest BCUT2D eigenvalue weighted by Gasteiger charge is -2.62. The number of benzene rings is 1. The molecule has 4 atom stereocenters. The van der Waals surface area contributed by atoms with Crippen LogP contribution in [0.2, 0.25) is 0 Å². The van der Waals surface area contributed by atoms with E-state index in [1.54, 1.807) is 0 Å². The van der Waals surface area contributed by atoms with E-state index in [0.717, 1.165) is 0 Å². The van der Waals surface area contributed by atoms with Crippen LogP contribution < -0.4 is 9.47 Å². The molecule has 2 aliphatic heterocycles. The molecule has 2 fully saturated rings. The summed E-state index contributed by atoms with van der Waals surface area (Å²) in [6.07, 6.45) is -2.08. The Morgan fingerprint density at radius 2 is 2.52 bits per heavy atom. The monoisotopic (exact) mass is 322 g/mol. The second-order valence-corrected chi connectivity index (χ2v) is 6.78. The zero-order valence-electron chi connectivity index (χ0n) is 19.7. The van der Waals surface area contributed by atoms with E-state index >= 15 is 0 Å². The van der Waals surface area contributed by atoms with Crippen LogP contribution in [0.15, 0.2) is 12.1 Å². The van der Waals surface area contributed by atoms with E-state index in [1.807, 2.05) is 0 Å².